The van der Waals surface area contributed by atoms with Crippen LogP contribution >= 0.6 is 34.5 Å². The van der Waals surface area contributed by atoms with Crippen LogP contribution in [0.1, 0.15) is 28.0 Å². The number of aromatic nitrogens is 1. The number of halogens is 2. The van der Waals surface area contributed by atoms with Crippen LogP contribution in [0.3, 0.4) is 0 Å². The quantitative estimate of drug-likeness (QED) is 0.799. The fourth-order valence-corrected chi connectivity index (χ4v) is 3.48. The predicted octanol–water partition coefficient (Wildman–Crippen LogP) is 3.74. The van der Waals surface area contributed by atoms with E-state index >= 15 is 0 Å². The summed E-state index contributed by atoms with van der Waals surface area (Å²) in [6, 6.07) is 3.11. The summed E-state index contributed by atoms with van der Waals surface area (Å²) < 4.78 is 0. The third-order valence-electron chi connectivity index (χ3n) is 3.24. The number of hydrogen-bond donors (Lipinski definition) is 0. The fourth-order valence-electron chi connectivity index (χ4n) is 2.25. The summed E-state index contributed by atoms with van der Waals surface area (Å²) in [5.74, 6) is -1.24. The Morgan fingerprint density at radius 3 is 2.62 bits per heavy atom. The number of rotatable bonds is 3. The van der Waals surface area contributed by atoms with Gasteiger partial charge in [0.2, 0.25) is 0 Å². The van der Waals surface area contributed by atoms with E-state index in [2.05, 4.69) is 4.98 Å². The van der Waals surface area contributed by atoms with Crippen molar-refractivity contribution in [2.45, 2.75) is 19.9 Å². The van der Waals surface area contributed by atoms with Crippen molar-refractivity contribution in [3.05, 3.63) is 43.8 Å². The minimum absolute atomic E-state index is 0.181. The molecule has 2 aromatic rings. The van der Waals surface area contributed by atoms with Gasteiger partial charge in [0, 0.05) is 5.38 Å². The number of nitrogens with zero attached hydrogens (tertiary/aromatic N) is 2. The smallest absolute Gasteiger partial charge is 0.297 e. The molecule has 1 aliphatic rings. The molecule has 0 spiro atoms. The number of fused-ring (bicyclic) bond motifs is 1. The third kappa shape index (κ3) is 2.35. The van der Waals surface area contributed by atoms with E-state index in [9.17, 15) is 9.59 Å². The van der Waals surface area contributed by atoms with Gasteiger partial charge in [0.05, 0.1) is 38.5 Å². The van der Waals surface area contributed by atoms with Gasteiger partial charge in [0.15, 0.2) is 0 Å². The highest BCUT2D eigenvalue weighted by atomic mass is 35.5. The molecular formula is C14H10Cl2N2O2S. The summed E-state index contributed by atoms with van der Waals surface area (Å²) in [6.45, 7) is 2.23. The standard InChI is InChI=1S/C14H10Cl2N2O2S/c1-2-10-17-7(6-21-10)5-18-12-9(16)4-3-8(15)11(12)13(19)14(18)20/h3-4,6H,2,5H2,1H3. The second-order valence-electron chi connectivity index (χ2n) is 4.56. The van der Waals surface area contributed by atoms with Gasteiger partial charge < -0.3 is 0 Å². The van der Waals surface area contributed by atoms with E-state index in [1.165, 1.54) is 22.3 Å². The van der Waals surface area contributed by atoms with Crippen molar-refractivity contribution in [1.29, 1.82) is 0 Å². The van der Waals surface area contributed by atoms with Crippen molar-refractivity contribution in [1.82, 2.24) is 4.98 Å². The Morgan fingerprint density at radius 2 is 1.95 bits per heavy atom. The van der Waals surface area contributed by atoms with Gasteiger partial charge in [0.25, 0.3) is 11.7 Å². The Hall–Kier alpha value is -1.43. The van der Waals surface area contributed by atoms with Crippen LogP contribution in [-0.2, 0) is 17.8 Å². The molecule has 108 valence electrons. The normalized spacial score (nSPS) is 14.0. The number of carbonyl (C=O) groups excluding carboxylic acids is 2. The number of anilines is 1. The lowest BCUT2D eigenvalue weighted by Crippen LogP contribution is -2.29. The van der Waals surface area contributed by atoms with Gasteiger partial charge in [-0.15, -0.1) is 11.3 Å². The molecule has 0 aliphatic carbocycles. The highest BCUT2D eigenvalue weighted by Crippen LogP contribution is 2.40. The van der Waals surface area contributed by atoms with Crippen LogP contribution in [0, 0.1) is 0 Å². The number of benzene rings is 1. The monoisotopic (exact) mass is 340 g/mol. The molecule has 4 nitrogen and oxygen atoms in total. The Balaban J connectivity index is 2.03. The van der Waals surface area contributed by atoms with Crippen molar-refractivity contribution in [3.8, 4) is 0 Å². The maximum absolute atomic E-state index is 12.2. The third-order valence-corrected chi connectivity index (χ3v) is 4.90. The van der Waals surface area contributed by atoms with E-state index < -0.39 is 11.7 Å². The van der Waals surface area contributed by atoms with Gasteiger partial charge in [0.1, 0.15) is 0 Å². The van der Waals surface area contributed by atoms with Crippen LogP contribution in [0.25, 0.3) is 0 Å². The van der Waals surface area contributed by atoms with Gasteiger partial charge in [-0.05, 0) is 18.6 Å². The summed E-state index contributed by atoms with van der Waals surface area (Å²) >= 11 is 13.7. The molecular weight excluding hydrogens is 331 g/mol. The van der Waals surface area contributed by atoms with Gasteiger partial charge in [-0.25, -0.2) is 4.98 Å². The van der Waals surface area contributed by atoms with Crippen molar-refractivity contribution < 1.29 is 9.59 Å². The summed E-state index contributed by atoms with van der Waals surface area (Å²) in [5, 5.41) is 3.44. The molecule has 1 aliphatic heterocycles. The van der Waals surface area contributed by atoms with E-state index in [-0.39, 0.29) is 17.1 Å². The zero-order valence-corrected chi connectivity index (χ0v) is 13.3. The minimum atomic E-state index is -0.622. The summed E-state index contributed by atoms with van der Waals surface area (Å²) in [6.07, 6.45) is 0.834. The van der Waals surface area contributed by atoms with Crippen molar-refractivity contribution in [3.63, 3.8) is 0 Å². The van der Waals surface area contributed by atoms with Crippen LogP contribution in [0.15, 0.2) is 17.5 Å². The highest BCUT2D eigenvalue weighted by Gasteiger charge is 2.39. The Labute approximate surface area is 135 Å². The molecule has 0 unspecified atom stereocenters. The average Bonchev–Trinajstić information content (AvgIpc) is 3.02. The summed E-state index contributed by atoms with van der Waals surface area (Å²) in [5.41, 5.74) is 1.30. The molecule has 0 saturated heterocycles. The second kappa shape index (κ2) is 5.40. The first-order chi connectivity index (χ1) is 10.0. The highest BCUT2D eigenvalue weighted by molar-refractivity contribution is 7.09. The molecule has 21 heavy (non-hydrogen) atoms. The zero-order chi connectivity index (χ0) is 15.1. The van der Waals surface area contributed by atoms with E-state index in [4.69, 9.17) is 23.2 Å². The SMILES string of the molecule is CCc1nc(CN2C(=O)C(=O)c3c(Cl)ccc(Cl)c32)cs1. The molecule has 0 atom stereocenters. The lowest BCUT2D eigenvalue weighted by molar-refractivity contribution is -0.114. The first kappa shape index (κ1) is 14.5. The number of aryl methyl sites for hydroxylation is 1. The maximum atomic E-state index is 12.2. The molecule has 0 bridgehead atoms. The van der Waals surface area contributed by atoms with Gasteiger partial charge in [-0.2, -0.15) is 0 Å². The predicted molar refractivity (Wildman–Crippen MR) is 83.5 cm³/mol. The summed E-state index contributed by atoms with van der Waals surface area (Å²) in [4.78, 5) is 30.0. The minimum Gasteiger partial charge on any atom is -0.297 e. The Kier molecular flexibility index (Phi) is 3.73. The topological polar surface area (TPSA) is 50.3 Å². The van der Waals surface area contributed by atoms with Gasteiger partial charge >= 0.3 is 0 Å². The van der Waals surface area contributed by atoms with E-state index in [1.54, 1.807) is 6.07 Å². The average molecular weight is 341 g/mol. The number of carbonyl (C=O) groups is 2. The molecule has 0 saturated carbocycles. The van der Waals surface area contributed by atoms with E-state index in [0.29, 0.717) is 10.7 Å². The number of hydrogen-bond acceptors (Lipinski definition) is 4. The van der Waals surface area contributed by atoms with Crippen LogP contribution in [0.2, 0.25) is 10.0 Å². The van der Waals surface area contributed by atoms with Crippen LogP contribution in [0.4, 0.5) is 5.69 Å². The molecule has 1 aromatic heterocycles. The number of Topliss-reactive ketones (excluding diaryl/α,β-unsaturated/α-hetero) is 1. The lowest BCUT2D eigenvalue weighted by atomic mass is 10.1. The maximum Gasteiger partial charge on any atom is 0.299 e. The molecule has 0 radical (unpaired) electrons. The molecule has 1 aromatic carbocycles. The molecule has 3 rings (SSSR count). The number of ketones is 1. The number of amides is 1. The second-order valence-corrected chi connectivity index (χ2v) is 6.32. The van der Waals surface area contributed by atoms with Gasteiger partial charge in [-0.3, -0.25) is 14.5 Å². The Bertz CT molecular complexity index is 757. The molecule has 0 fully saturated rings. The first-order valence-corrected chi connectivity index (χ1v) is 7.94. The molecule has 2 heterocycles. The summed E-state index contributed by atoms with van der Waals surface area (Å²) in [7, 11) is 0. The molecule has 1 amide bonds. The van der Waals surface area contributed by atoms with Crippen LogP contribution in [0.5, 0.6) is 0 Å². The molecule has 7 heteroatoms. The van der Waals surface area contributed by atoms with Gasteiger partial charge in [-0.1, -0.05) is 30.1 Å². The number of thiazole rings is 1. The zero-order valence-electron chi connectivity index (χ0n) is 11.0. The first-order valence-electron chi connectivity index (χ1n) is 6.30. The van der Waals surface area contributed by atoms with Crippen molar-refractivity contribution >= 4 is 51.9 Å². The van der Waals surface area contributed by atoms with E-state index in [1.807, 2.05) is 12.3 Å². The Morgan fingerprint density at radius 1 is 1.24 bits per heavy atom. The molecule has 0 N–H and O–H groups in total. The van der Waals surface area contributed by atoms with Crippen molar-refractivity contribution in [2.75, 3.05) is 4.90 Å². The lowest BCUT2D eigenvalue weighted by Gasteiger charge is -2.16. The van der Waals surface area contributed by atoms with Crippen LogP contribution < -0.4 is 4.90 Å². The fraction of sp³-hybridized carbons (Fsp3) is 0.214. The largest absolute Gasteiger partial charge is 0.299 e. The van der Waals surface area contributed by atoms with Crippen LogP contribution in [-0.4, -0.2) is 16.7 Å². The van der Waals surface area contributed by atoms with E-state index in [0.717, 1.165) is 17.1 Å². The van der Waals surface area contributed by atoms with Crippen molar-refractivity contribution in [2.24, 2.45) is 0 Å².